The van der Waals surface area contributed by atoms with Gasteiger partial charge in [0.05, 0.1) is 19.1 Å². The third-order valence-corrected chi connectivity index (χ3v) is 6.88. The summed E-state index contributed by atoms with van der Waals surface area (Å²) >= 11 is 0. The fourth-order valence-electron chi connectivity index (χ4n) is 4.92. The summed E-state index contributed by atoms with van der Waals surface area (Å²) in [6, 6.07) is 7.92. The molecule has 1 fully saturated rings. The van der Waals surface area contributed by atoms with Gasteiger partial charge in [0.15, 0.2) is 0 Å². The van der Waals surface area contributed by atoms with Gasteiger partial charge in [-0.2, -0.15) is 0 Å². The van der Waals surface area contributed by atoms with Gasteiger partial charge in [-0.05, 0) is 63.9 Å². The Hall–Kier alpha value is -3.36. The van der Waals surface area contributed by atoms with Gasteiger partial charge >= 0.3 is 12.1 Å². The van der Waals surface area contributed by atoms with E-state index in [4.69, 9.17) is 9.47 Å². The summed E-state index contributed by atoms with van der Waals surface area (Å²) in [5, 5.41) is 5.73. The van der Waals surface area contributed by atoms with E-state index in [1.807, 2.05) is 77.1 Å². The number of hydrogen-bond donors (Lipinski definition) is 2. The van der Waals surface area contributed by atoms with Gasteiger partial charge in [0.25, 0.3) is 0 Å². The number of rotatable bonds is 12. The van der Waals surface area contributed by atoms with Crippen LogP contribution >= 0.6 is 0 Å². The van der Waals surface area contributed by atoms with Crippen molar-refractivity contribution in [3.8, 4) is 0 Å². The van der Waals surface area contributed by atoms with Crippen LogP contribution in [0.1, 0.15) is 73.3 Å². The number of carbonyl (C=O) groups excluding carboxylic acids is 4. The number of carbonyl (C=O) groups is 4. The van der Waals surface area contributed by atoms with E-state index in [0.29, 0.717) is 38.1 Å². The summed E-state index contributed by atoms with van der Waals surface area (Å²) in [6.45, 7) is 13.7. The number of hydrogen-bond acceptors (Lipinski definition) is 6. The molecule has 1 unspecified atom stereocenters. The second-order valence-electron chi connectivity index (χ2n) is 12.5. The Labute approximate surface area is 245 Å². The van der Waals surface area contributed by atoms with Crippen molar-refractivity contribution in [3.05, 3.63) is 48.0 Å². The molecule has 2 N–H and O–H groups in total. The van der Waals surface area contributed by atoms with Crippen LogP contribution in [0.5, 0.6) is 0 Å². The number of nitrogens with one attached hydrogen (secondary N) is 2. The van der Waals surface area contributed by atoms with Gasteiger partial charge < -0.3 is 25.0 Å². The Bertz CT molecular complexity index is 1050. The molecule has 1 aromatic carbocycles. The molecular formula is C32H49N3O6. The van der Waals surface area contributed by atoms with Crippen molar-refractivity contribution in [1.29, 1.82) is 0 Å². The standard InChI is InChI=1S/C32H49N3O6/c1-21(2)19-25(33-31(39)41-32(5,6)7)17-16-24(20-23-13-10-9-11-14-23)29(37)35-18-12-15-26(35)28(36)34-27(22(3)4)30(38)40-8/h9-11,13-14,16-17,21-22,24-27H,12,15,18-20H2,1-8H3,(H,33,39)(H,34,36)/b17-16+/t24-,25-,26+,27?/m1/s1. The Morgan fingerprint density at radius 1 is 1.02 bits per heavy atom. The van der Waals surface area contributed by atoms with E-state index in [0.717, 1.165) is 5.56 Å². The van der Waals surface area contributed by atoms with Crippen molar-refractivity contribution < 1.29 is 28.7 Å². The number of esters is 1. The molecule has 4 atom stereocenters. The summed E-state index contributed by atoms with van der Waals surface area (Å²) in [4.78, 5) is 53.7. The monoisotopic (exact) mass is 571 g/mol. The second kappa shape index (κ2) is 15.6. The molecule has 3 amide bonds. The third-order valence-electron chi connectivity index (χ3n) is 6.88. The first-order chi connectivity index (χ1) is 19.2. The van der Waals surface area contributed by atoms with Crippen LogP contribution in [-0.2, 0) is 30.3 Å². The van der Waals surface area contributed by atoms with Crippen molar-refractivity contribution in [1.82, 2.24) is 15.5 Å². The first-order valence-electron chi connectivity index (χ1n) is 14.6. The minimum Gasteiger partial charge on any atom is -0.467 e. The number of benzene rings is 1. The predicted molar refractivity (Wildman–Crippen MR) is 159 cm³/mol. The Kier molecular flexibility index (Phi) is 12.9. The van der Waals surface area contributed by atoms with Gasteiger partial charge in [-0.1, -0.05) is 70.2 Å². The molecule has 9 heteroatoms. The second-order valence-corrected chi connectivity index (χ2v) is 12.5. The summed E-state index contributed by atoms with van der Waals surface area (Å²) in [6.07, 6.45) is 5.51. The largest absolute Gasteiger partial charge is 0.467 e. The van der Waals surface area contributed by atoms with Crippen LogP contribution < -0.4 is 10.6 Å². The topological polar surface area (TPSA) is 114 Å². The zero-order chi connectivity index (χ0) is 30.7. The van der Waals surface area contributed by atoms with Gasteiger partial charge in [0.1, 0.15) is 17.7 Å². The van der Waals surface area contributed by atoms with E-state index >= 15 is 0 Å². The summed E-state index contributed by atoms with van der Waals surface area (Å²) in [7, 11) is 1.29. The number of ether oxygens (including phenoxy) is 2. The lowest BCUT2D eigenvalue weighted by atomic mass is 9.94. The lowest BCUT2D eigenvalue weighted by Crippen LogP contribution is -2.53. The molecular weight excluding hydrogens is 522 g/mol. The lowest BCUT2D eigenvalue weighted by Gasteiger charge is -2.29. The minimum atomic E-state index is -0.791. The molecule has 0 bridgehead atoms. The molecule has 0 aromatic heterocycles. The minimum absolute atomic E-state index is 0.164. The summed E-state index contributed by atoms with van der Waals surface area (Å²) in [5.41, 5.74) is 0.359. The van der Waals surface area contributed by atoms with Crippen LogP contribution in [0.3, 0.4) is 0 Å². The van der Waals surface area contributed by atoms with Gasteiger partial charge in [0.2, 0.25) is 11.8 Å². The molecule has 1 aliphatic rings. The van der Waals surface area contributed by atoms with E-state index in [1.165, 1.54) is 7.11 Å². The average molecular weight is 572 g/mol. The molecule has 1 heterocycles. The highest BCUT2D eigenvalue weighted by molar-refractivity contribution is 5.92. The highest BCUT2D eigenvalue weighted by atomic mass is 16.6. The van der Waals surface area contributed by atoms with Gasteiger partial charge in [-0.15, -0.1) is 0 Å². The number of likely N-dealkylation sites (tertiary alicyclic amines) is 1. The molecule has 1 saturated heterocycles. The van der Waals surface area contributed by atoms with Crippen LogP contribution in [0.2, 0.25) is 0 Å². The van der Waals surface area contributed by atoms with E-state index < -0.39 is 35.7 Å². The van der Waals surface area contributed by atoms with Crippen molar-refractivity contribution in [2.75, 3.05) is 13.7 Å². The fraction of sp³-hybridized carbons (Fsp3) is 0.625. The van der Waals surface area contributed by atoms with Crippen LogP contribution in [0.4, 0.5) is 4.79 Å². The quantitative estimate of drug-likeness (QED) is 0.279. The van der Waals surface area contributed by atoms with E-state index in [-0.39, 0.29) is 23.8 Å². The van der Waals surface area contributed by atoms with E-state index in [1.54, 1.807) is 4.90 Å². The van der Waals surface area contributed by atoms with Crippen LogP contribution in [0, 0.1) is 17.8 Å². The molecule has 0 aliphatic carbocycles. The van der Waals surface area contributed by atoms with Crippen molar-refractivity contribution >= 4 is 23.9 Å². The number of methoxy groups -OCH3 is 1. The van der Waals surface area contributed by atoms with Gasteiger partial charge in [-0.3, -0.25) is 9.59 Å². The fourth-order valence-corrected chi connectivity index (χ4v) is 4.92. The van der Waals surface area contributed by atoms with Gasteiger partial charge in [0, 0.05) is 6.54 Å². The summed E-state index contributed by atoms with van der Waals surface area (Å²) < 4.78 is 10.3. The highest BCUT2D eigenvalue weighted by Crippen LogP contribution is 2.24. The molecule has 41 heavy (non-hydrogen) atoms. The highest BCUT2D eigenvalue weighted by Gasteiger charge is 2.38. The number of nitrogens with zero attached hydrogens (tertiary/aromatic N) is 1. The smallest absolute Gasteiger partial charge is 0.408 e. The zero-order valence-corrected chi connectivity index (χ0v) is 25.9. The third kappa shape index (κ3) is 11.2. The maximum atomic E-state index is 14.0. The Morgan fingerprint density at radius 3 is 2.24 bits per heavy atom. The zero-order valence-electron chi connectivity index (χ0n) is 25.9. The maximum Gasteiger partial charge on any atom is 0.408 e. The normalized spacial score (nSPS) is 17.8. The first kappa shape index (κ1) is 33.8. The lowest BCUT2D eigenvalue weighted by molar-refractivity contribution is -0.147. The van der Waals surface area contributed by atoms with Crippen molar-refractivity contribution in [2.24, 2.45) is 17.8 Å². The first-order valence-corrected chi connectivity index (χ1v) is 14.6. The molecule has 1 aromatic rings. The molecule has 0 radical (unpaired) electrons. The van der Waals surface area contributed by atoms with Crippen molar-refractivity contribution in [3.63, 3.8) is 0 Å². The number of alkyl carbamates (subject to hydrolysis) is 1. The van der Waals surface area contributed by atoms with E-state index in [9.17, 15) is 19.2 Å². The van der Waals surface area contributed by atoms with Crippen LogP contribution in [0.25, 0.3) is 0 Å². The van der Waals surface area contributed by atoms with Crippen LogP contribution in [-0.4, -0.2) is 66.2 Å². The SMILES string of the molecule is COC(=O)C(NC(=O)[C@@H]1CCCN1C(=O)[C@H](/C=C/[C@H](CC(C)C)NC(=O)OC(C)(C)C)Cc1ccccc1)C(C)C. The predicted octanol–water partition coefficient (Wildman–Crippen LogP) is 4.65. The van der Waals surface area contributed by atoms with E-state index in [2.05, 4.69) is 24.5 Å². The van der Waals surface area contributed by atoms with Crippen molar-refractivity contribution in [2.45, 2.75) is 97.9 Å². The molecule has 9 nitrogen and oxygen atoms in total. The maximum absolute atomic E-state index is 14.0. The molecule has 0 saturated carbocycles. The number of amides is 3. The molecule has 0 spiro atoms. The molecule has 1 aliphatic heterocycles. The molecule has 2 rings (SSSR count). The Morgan fingerprint density at radius 2 is 1.68 bits per heavy atom. The molecule has 228 valence electrons. The van der Waals surface area contributed by atoms with Crippen LogP contribution in [0.15, 0.2) is 42.5 Å². The average Bonchev–Trinajstić information content (AvgIpc) is 3.37. The Balaban J connectivity index is 2.31. The summed E-state index contributed by atoms with van der Waals surface area (Å²) in [5.74, 6) is -1.46. The van der Waals surface area contributed by atoms with Gasteiger partial charge in [-0.25, -0.2) is 9.59 Å².